The van der Waals surface area contributed by atoms with Crippen molar-refractivity contribution in [1.29, 1.82) is 0 Å². The second-order valence-electron chi connectivity index (χ2n) is 7.69. The monoisotopic (exact) mass is 358 g/mol. The highest BCUT2D eigenvalue weighted by Crippen LogP contribution is 2.36. The maximum absolute atomic E-state index is 12.2. The van der Waals surface area contributed by atoms with Crippen LogP contribution in [-0.4, -0.2) is 52.4 Å². The minimum atomic E-state index is -0.0180. The van der Waals surface area contributed by atoms with Crippen molar-refractivity contribution in [2.45, 2.75) is 31.9 Å². The first-order chi connectivity index (χ1) is 12.5. The molecule has 2 aromatic rings. The first-order valence-electron chi connectivity index (χ1n) is 9.21. The average molecular weight is 358 g/mol. The summed E-state index contributed by atoms with van der Waals surface area (Å²) >= 11 is 0. The fourth-order valence-corrected chi connectivity index (χ4v) is 3.95. The van der Waals surface area contributed by atoms with Gasteiger partial charge >= 0.3 is 0 Å². The van der Waals surface area contributed by atoms with Crippen LogP contribution in [0.5, 0.6) is 0 Å². The van der Waals surface area contributed by atoms with E-state index >= 15 is 0 Å². The van der Waals surface area contributed by atoms with Crippen molar-refractivity contribution in [2.75, 3.05) is 26.2 Å². The Morgan fingerprint density at radius 1 is 1.46 bits per heavy atom. The minimum Gasteiger partial charge on any atom is -0.372 e. The zero-order chi connectivity index (χ0) is 18.1. The molecule has 2 saturated heterocycles. The van der Waals surface area contributed by atoms with E-state index in [1.807, 2.05) is 42.9 Å². The van der Waals surface area contributed by atoms with Crippen molar-refractivity contribution in [1.82, 2.24) is 19.9 Å². The van der Waals surface area contributed by atoms with Crippen LogP contribution in [0.2, 0.25) is 0 Å². The lowest BCUT2D eigenvalue weighted by Gasteiger charge is -2.52. The van der Waals surface area contributed by atoms with E-state index < -0.39 is 0 Å². The lowest BCUT2D eigenvalue weighted by atomic mass is 9.83. The molecule has 4 rings (SSSR count). The molecule has 2 aliphatic heterocycles. The number of nitrogens with one attached hydrogen (secondary N) is 1. The van der Waals surface area contributed by atoms with Crippen LogP contribution in [0.25, 0.3) is 0 Å². The van der Waals surface area contributed by atoms with E-state index in [0.717, 1.165) is 43.9 Å². The molecule has 140 valence electrons. The SMILES string of the molecule is Cc1cc(CN2CC3(CC[C@H](CNC(=O)c4cccn4C)CO3)C2)no1. The number of likely N-dealkylation sites (tertiary alicyclic amines) is 1. The van der Waals surface area contributed by atoms with Gasteiger partial charge in [0, 0.05) is 45.5 Å². The highest BCUT2D eigenvalue weighted by molar-refractivity contribution is 5.92. The molecule has 7 heteroatoms. The third-order valence-corrected chi connectivity index (χ3v) is 5.45. The maximum atomic E-state index is 12.2. The van der Waals surface area contributed by atoms with Crippen LogP contribution >= 0.6 is 0 Å². The van der Waals surface area contributed by atoms with Crippen LogP contribution in [0.15, 0.2) is 28.9 Å². The molecule has 0 radical (unpaired) electrons. The number of hydrogen-bond acceptors (Lipinski definition) is 5. The van der Waals surface area contributed by atoms with Crippen LogP contribution in [-0.2, 0) is 18.3 Å². The molecule has 26 heavy (non-hydrogen) atoms. The number of amides is 1. The zero-order valence-corrected chi connectivity index (χ0v) is 15.4. The van der Waals surface area contributed by atoms with Crippen LogP contribution in [0, 0.1) is 12.8 Å². The van der Waals surface area contributed by atoms with Gasteiger partial charge in [0.15, 0.2) is 0 Å². The van der Waals surface area contributed by atoms with E-state index in [1.165, 1.54) is 0 Å². The lowest BCUT2D eigenvalue weighted by Crippen LogP contribution is -2.64. The average Bonchev–Trinajstić information content (AvgIpc) is 3.21. The van der Waals surface area contributed by atoms with Crippen LogP contribution in [0.1, 0.15) is 34.8 Å². The van der Waals surface area contributed by atoms with E-state index in [-0.39, 0.29) is 11.5 Å². The Morgan fingerprint density at radius 2 is 2.31 bits per heavy atom. The van der Waals surface area contributed by atoms with E-state index in [9.17, 15) is 4.79 Å². The molecule has 1 N–H and O–H groups in total. The third-order valence-electron chi connectivity index (χ3n) is 5.45. The Labute approximate surface area is 153 Å². The summed E-state index contributed by atoms with van der Waals surface area (Å²) in [6.45, 7) is 6.00. The smallest absolute Gasteiger partial charge is 0.267 e. The number of carbonyl (C=O) groups excluding carboxylic acids is 1. The van der Waals surface area contributed by atoms with Gasteiger partial charge in [-0.1, -0.05) is 5.16 Å². The van der Waals surface area contributed by atoms with Crippen molar-refractivity contribution < 1.29 is 14.1 Å². The minimum absolute atomic E-state index is 0.00257. The van der Waals surface area contributed by atoms with Gasteiger partial charge in [-0.3, -0.25) is 9.69 Å². The van der Waals surface area contributed by atoms with Crippen molar-refractivity contribution in [2.24, 2.45) is 13.0 Å². The fraction of sp³-hybridized carbons (Fsp3) is 0.579. The highest BCUT2D eigenvalue weighted by atomic mass is 16.5. The van der Waals surface area contributed by atoms with Gasteiger partial charge in [-0.25, -0.2) is 0 Å². The summed E-state index contributed by atoms with van der Waals surface area (Å²) in [6.07, 6.45) is 4.02. The topological polar surface area (TPSA) is 72.5 Å². The second-order valence-corrected chi connectivity index (χ2v) is 7.69. The molecule has 1 spiro atoms. The Bertz CT molecular complexity index is 765. The summed E-state index contributed by atoms with van der Waals surface area (Å²) in [5.74, 6) is 1.22. The predicted molar refractivity (Wildman–Crippen MR) is 95.7 cm³/mol. The summed E-state index contributed by atoms with van der Waals surface area (Å²) < 4.78 is 13.1. The van der Waals surface area contributed by atoms with Gasteiger partial charge in [-0.05, 0) is 37.8 Å². The second kappa shape index (κ2) is 6.89. The Kier molecular flexibility index (Phi) is 4.58. The Morgan fingerprint density at radius 3 is 2.92 bits per heavy atom. The first kappa shape index (κ1) is 17.3. The Hall–Kier alpha value is -2.12. The zero-order valence-electron chi connectivity index (χ0n) is 15.4. The predicted octanol–water partition coefficient (Wildman–Crippen LogP) is 1.73. The molecule has 0 unspecified atom stereocenters. The first-order valence-corrected chi connectivity index (χ1v) is 9.21. The summed E-state index contributed by atoms with van der Waals surface area (Å²) in [4.78, 5) is 14.5. The molecule has 0 aromatic carbocycles. The summed E-state index contributed by atoms with van der Waals surface area (Å²) in [7, 11) is 1.88. The maximum Gasteiger partial charge on any atom is 0.267 e. The van der Waals surface area contributed by atoms with Crippen molar-refractivity contribution in [3.63, 3.8) is 0 Å². The molecule has 7 nitrogen and oxygen atoms in total. The van der Waals surface area contributed by atoms with E-state index in [0.29, 0.717) is 24.8 Å². The molecule has 1 atom stereocenters. The van der Waals surface area contributed by atoms with E-state index in [2.05, 4.69) is 15.4 Å². The molecule has 0 aliphatic carbocycles. The molecule has 1 amide bonds. The normalized spacial score (nSPS) is 22.3. The molecule has 4 heterocycles. The number of hydrogen-bond donors (Lipinski definition) is 1. The summed E-state index contributed by atoms with van der Waals surface area (Å²) in [5.41, 5.74) is 1.67. The quantitative estimate of drug-likeness (QED) is 0.881. The van der Waals surface area contributed by atoms with Gasteiger partial charge in [-0.15, -0.1) is 0 Å². The van der Waals surface area contributed by atoms with Gasteiger partial charge in [0.05, 0.1) is 17.9 Å². The number of aromatic nitrogens is 2. The third kappa shape index (κ3) is 3.54. The molecular weight excluding hydrogens is 332 g/mol. The number of carbonyl (C=O) groups is 1. The highest BCUT2D eigenvalue weighted by Gasteiger charge is 2.46. The van der Waals surface area contributed by atoms with Gasteiger partial charge in [0.2, 0.25) is 0 Å². The number of aryl methyl sites for hydroxylation is 2. The standard InChI is InChI=1S/C19H26N4O3/c1-14-8-16(21-26-14)10-23-12-19(13-23)6-5-15(11-25-19)9-20-18(24)17-4-3-7-22(17)2/h3-4,7-8,15H,5-6,9-13H2,1-2H3,(H,20,24)/t15-/m1/s1. The molecule has 2 aromatic heterocycles. The van der Waals surface area contributed by atoms with Gasteiger partial charge in [0.25, 0.3) is 5.91 Å². The molecule has 0 saturated carbocycles. The van der Waals surface area contributed by atoms with Crippen molar-refractivity contribution >= 4 is 5.91 Å². The summed E-state index contributed by atoms with van der Waals surface area (Å²) in [5, 5.41) is 7.09. The molecule has 2 aliphatic rings. The molecule has 2 fully saturated rings. The van der Waals surface area contributed by atoms with Crippen LogP contribution in [0.4, 0.5) is 0 Å². The molecule has 0 bridgehead atoms. The van der Waals surface area contributed by atoms with Crippen molar-refractivity contribution in [3.8, 4) is 0 Å². The van der Waals surface area contributed by atoms with Gasteiger partial charge < -0.3 is 19.1 Å². The number of rotatable bonds is 5. The van der Waals surface area contributed by atoms with Crippen LogP contribution < -0.4 is 5.32 Å². The number of nitrogens with zero attached hydrogens (tertiary/aromatic N) is 3. The number of ether oxygens (including phenoxy) is 1. The Balaban J connectivity index is 1.19. The van der Waals surface area contributed by atoms with Crippen molar-refractivity contribution in [3.05, 3.63) is 41.5 Å². The van der Waals surface area contributed by atoms with E-state index in [1.54, 1.807) is 0 Å². The van der Waals surface area contributed by atoms with E-state index in [4.69, 9.17) is 9.26 Å². The lowest BCUT2D eigenvalue weighted by molar-refractivity contribution is -0.181. The van der Waals surface area contributed by atoms with Crippen LogP contribution in [0.3, 0.4) is 0 Å². The van der Waals surface area contributed by atoms with Gasteiger partial charge in [0.1, 0.15) is 11.5 Å². The largest absolute Gasteiger partial charge is 0.372 e. The summed E-state index contributed by atoms with van der Waals surface area (Å²) in [6, 6.07) is 5.70. The fourth-order valence-electron chi connectivity index (χ4n) is 3.95. The van der Waals surface area contributed by atoms with Gasteiger partial charge in [-0.2, -0.15) is 0 Å². The molecular formula is C19H26N4O3.